The number of aromatic amines is 1. The van der Waals surface area contributed by atoms with Crippen LogP contribution in [0.15, 0.2) is 42.6 Å². The van der Waals surface area contributed by atoms with E-state index in [1.165, 1.54) is 42.4 Å². The molecule has 526 valence electrons. The quantitative estimate of drug-likeness (QED) is 0.0680. The fraction of sp³-hybridized carbons (Fsp3) is 0.607. The number of H-pyrrole nitrogens is 1. The van der Waals surface area contributed by atoms with Crippen LogP contribution < -0.4 is 9.47 Å². The van der Waals surface area contributed by atoms with Crippen molar-refractivity contribution >= 4 is 50.8 Å². The second-order valence-corrected chi connectivity index (χ2v) is 34.4. The summed E-state index contributed by atoms with van der Waals surface area (Å²) in [5, 5.41) is 76.9. The summed E-state index contributed by atoms with van der Waals surface area (Å²) in [6.07, 6.45) is 29.2. The molecule has 6 saturated carbocycles. The van der Waals surface area contributed by atoms with Crippen LogP contribution in [0.4, 0.5) is 0 Å². The fourth-order valence-corrected chi connectivity index (χ4v) is 25.5. The van der Waals surface area contributed by atoms with Crippen molar-refractivity contribution in [2.45, 2.75) is 240 Å². The molecule has 7 N–H and O–H groups in total. The Morgan fingerprint density at radius 1 is 0.860 bits per heavy atom. The van der Waals surface area contributed by atoms with E-state index in [0.29, 0.717) is 59.3 Å². The molecule has 16 heteroatoms. The van der Waals surface area contributed by atoms with Crippen molar-refractivity contribution in [1.29, 1.82) is 0 Å². The van der Waals surface area contributed by atoms with Crippen LogP contribution in [0.1, 0.15) is 243 Å². The lowest BCUT2D eigenvalue weighted by Gasteiger charge is -2.54. The van der Waals surface area contributed by atoms with Gasteiger partial charge in [-0.15, -0.1) is 0 Å². The van der Waals surface area contributed by atoms with Crippen molar-refractivity contribution in [1.82, 2.24) is 9.88 Å². The Morgan fingerprint density at radius 3 is 2.57 bits per heavy atom. The maximum absolute atomic E-state index is 15.9. The summed E-state index contributed by atoms with van der Waals surface area (Å²) in [4.78, 5) is 48.6. The summed E-state index contributed by atoms with van der Waals surface area (Å²) in [7, 11) is 1.63. The lowest BCUT2D eigenvalue weighted by Crippen LogP contribution is -2.70. The van der Waals surface area contributed by atoms with Gasteiger partial charge in [-0.25, -0.2) is 0 Å². The molecule has 4 aromatic carbocycles. The number of nitrogens with one attached hydrogen (secondary N) is 1. The molecule has 4 spiro atoms. The normalized spacial score (nSPS) is 37.7. The monoisotopic (exact) mass is 1360 g/mol. The predicted octanol–water partition coefficient (Wildman–Crippen LogP) is 12.5. The molecule has 8 bridgehead atoms. The number of benzene rings is 4. The molecule has 14 aliphatic rings. The van der Waals surface area contributed by atoms with Gasteiger partial charge in [0.1, 0.15) is 47.5 Å². The van der Waals surface area contributed by atoms with Crippen molar-refractivity contribution < 1.29 is 68.7 Å². The van der Waals surface area contributed by atoms with Gasteiger partial charge in [-0.05, 0) is 269 Å². The average molecular weight is 1360 g/mol. The Balaban J connectivity index is 0.832. The first kappa shape index (κ1) is 64.3. The minimum atomic E-state index is -2.51. The van der Waals surface area contributed by atoms with Gasteiger partial charge in [0.15, 0.2) is 17.5 Å². The van der Waals surface area contributed by atoms with Crippen LogP contribution in [0.2, 0.25) is 0 Å². The van der Waals surface area contributed by atoms with E-state index in [1.807, 2.05) is 18.2 Å². The molecule has 16 nitrogen and oxygen atoms in total. The number of rotatable bonds is 9. The van der Waals surface area contributed by atoms with Crippen molar-refractivity contribution in [2.24, 2.45) is 45.8 Å². The first-order valence-corrected chi connectivity index (χ1v) is 38.3. The van der Waals surface area contributed by atoms with Crippen molar-refractivity contribution in [3.8, 4) is 29.3 Å². The van der Waals surface area contributed by atoms with Crippen LogP contribution in [0.5, 0.6) is 17.2 Å². The summed E-state index contributed by atoms with van der Waals surface area (Å²) in [6.45, 7) is 0.536. The third-order valence-electron chi connectivity index (χ3n) is 29.5. The maximum atomic E-state index is 15.9. The number of hydrogen-bond acceptors (Lipinski definition) is 14. The number of amides is 1. The second-order valence-electron chi connectivity index (χ2n) is 34.4. The number of fused-ring (bicyclic) bond motifs is 11. The zero-order chi connectivity index (χ0) is 68.1. The molecule has 1 aromatic heterocycles. The number of aliphatic hydroxyl groups excluding tert-OH is 3. The average Bonchev–Trinajstić information content (AvgIpc) is 1.47. The van der Waals surface area contributed by atoms with E-state index in [-0.39, 0.29) is 106 Å². The van der Waals surface area contributed by atoms with Gasteiger partial charge in [-0.2, -0.15) is 0 Å². The highest BCUT2D eigenvalue weighted by Gasteiger charge is 2.70. The number of aryl methyl sites for hydroxylation is 2. The lowest BCUT2D eigenvalue weighted by atomic mass is 9.52. The Labute approximate surface area is 584 Å². The van der Waals surface area contributed by atoms with E-state index >= 15 is 4.79 Å². The van der Waals surface area contributed by atoms with Crippen LogP contribution >= 0.6 is 0 Å². The van der Waals surface area contributed by atoms with Crippen molar-refractivity contribution in [2.75, 3.05) is 33.5 Å². The van der Waals surface area contributed by atoms with Gasteiger partial charge < -0.3 is 69.0 Å². The molecule has 17 unspecified atom stereocenters. The number of phenols is 1. The zero-order valence-electron chi connectivity index (χ0n) is 58.0. The zero-order valence-corrected chi connectivity index (χ0v) is 58.0. The SMILES string of the molecule is COc1c2c3c4c(O)c(c5c6c4c1CCC6=CC1CCCC51)C(=O)CN1Cc4c(cccc4C1=O)CC#COC1C(O)C(COC(c4c[nH]c5cc6c7c(c45)CC4(CC5CC8CCCC8(O)CC75CC6)CC5(CCC(CCCO)C5)CC45CCC(CCC(C)=O)C5)C=C2)OC(O3)C1(O)CO. The number of aromatic hydroxyl groups is 1. The Hall–Kier alpha value is -6.55. The highest BCUT2D eigenvalue weighted by molar-refractivity contribution is 6.17. The van der Waals surface area contributed by atoms with Crippen molar-refractivity contribution in [3.63, 3.8) is 0 Å². The van der Waals surface area contributed by atoms with Gasteiger partial charge in [0.05, 0.1) is 49.0 Å². The molecule has 5 heterocycles. The number of methoxy groups -OCH3 is 1. The number of carbonyl (C=O) groups is 3. The minimum Gasteiger partial charge on any atom is -0.506 e. The highest BCUT2D eigenvalue weighted by Crippen LogP contribution is 2.78. The Morgan fingerprint density at radius 2 is 1.72 bits per heavy atom. The van der Waals surface area contributed by atoms with Crippen LogP contribution in [0.3, 0.4) is 0 Å². The van der Waals surface area contributed by atoms with Gasteiger partial charge in [0.2, 0.25) is 6.29 Å². The maximum Gasteiger partial charge on any atom is 0.254 e. The summed E-state index contributed by atoms with van der Waals surface area (Å²) >= 11 is 0. The third-order valence-corrected chi connectivity index (χ3v) is 29.5. The predicted molar refractivity (Wildman–Crippen MR) is 375 cm³/mol. The standard InChI is InChI=1S/C84H96N2O14/c1-45(89)15-16-47-22-26-80(34-47)41-79(25-21-46(33-79)8-6-28-87)42-81(80)35-53-32-52-12-5-24-83(52,94)43-82(53)27-23-51-31-61-66(58(36-81)71(51)82)59(37-85-61)63-20-19-57-74(96-2)56-18-17-50-30-49-10-4-13-54(49)67-65(50)68(56)70-73(92)69(67)62(90)39-86-38-60-48(9-3-14-55(60)77(86)93)11-7-29-97-76-72(91)64(40-98-63)99-78(100-75(57)70)84(76,95)44-88/h3,9,14,19-20,30-31,37,46-47,49,52-54,63-64,72,76,78,85,87-88,91-92,94-95H,4-6,8,10-13,15-18,21-28,32-36,38-44H2,1-2H3. The smallest absolute Gasteiger partial charge is 0.254 e. The molecule has 5 aromatic rings. The molecule has 1 saturated heterocycles. The first-order chi connectivity index (χ1) is 48.4. The van der Waals surface area contributed by atoms with E-state index in [1.54, 1.807) is 31.1 Å². The summed E-state index contributed by atoms with van der Waals surface area (Å²) < 4.78 is 34.7. The molecule has 4 aliphatic heterocycles. The van der Waals surface area contributed by atoms with E-state index in [4.69, 9.17) is 23.7 Å². The summed E-state index contributed by atoms with van der Waals surface area (Å²) in [5.74, 6) is 4.53. The molecule has 17 atom stereocenters. The number of aliphatic hydroxyl groups is 5. The number of phenolic OH excluding ortho intramolecular Hbond substituents is 1. The Bertz CT molecular complexity index is 4460. The van der Waals surface area contributed by atoms with Crippen LogP contribution in [0, 0.1) is 57.9 Å². The van der Waals surface area contributed by atoms with Crippen LogP contribution in [-0.4, -0.2) is 127 Å². The van der Waals surface area contributed by atoms with Crippen LogP contribution in [0.25, 0.3) is 33.3 Å². The van der Waals surface area contributed by atoms with Gasteiger partial charge in [0, 0.05) is 70.6 Å². The fourth-order valence-electron chi connectivity index (χ4n) is 25.5. The molecular weight excluding hydrogens is 1260 g/mol. The van der Waals surface area contributed by atoms with E-state index in [2.05, 4.69) is 35.4 Å². The van der Waals surface area contributed by atoms with Gasteiger partial charge in [-0.1, -0.05) is 43.0 Å². The number of allylic oxidation sites excluding steroid dienone is 2. The van der Waals surface area contributed by atoms with Gasteiger partial charge in [0.25, 0.3) is 5.91 Å². The Kier molecular flexibility index (Phi) is 14.9. The second kappa shape index (κ2) is 23.2. The van der Waals surface area contributed by atoms with Crippen LogP contribution in [-0.2, 0) is 56.6 Å². The number of nitrogens with zero attached hydrogens (tertiary/aromatic N) is 1. The summed E-state index contributed by atoms with van der Waals surface area (Å²) in [6, 6.07) is 7.84. The summed E-state index contributed by atoms with van der Waals surface area (Å²) in [5.41, 5.74) is 8.63. The molecule has 7 fully saturated rings. The molecule has 10 aliphatic carbocycles. The largest absolute Gasteiger partial charge is 0.506 e. The number of ether oxygens (including phenoxy) is 5. The van der Waals surface area contributed by atoms with Crippen molar-refractivity contribution in [3.05, 3.63) is 109 Å². The molecule has 0 radical (unpaired) electrons. The van der Waals surface area contributed by atoms with E-state index < -0.39 is 54.3 Å². The van der Waals surface area contributed by atoms with E-state index in [9.17, 15) is 40.2 Å². The number of aromatic nitrogens is 1. The van der Waals surface area contributed by atoms with Gasteiger partial charge >= 0.3 is 0 Å². The number of hydrogen-bond donors (Lipinski definition) is 7. The van der Waals surface area contributed by atoms with Gasteiger partial charge in [-0.3, -0.25) is 9.59 Å². The number of ketones is 2. The molecular formula is C84H96N2O14. The lowest BCUT2D eigenvalue weighted by molar-refractivity contribution is -0.328. The first-order valence-electron chi connectivity index (χ1n) is 38.3. The van der Waals surface area contributed by atoms with E-state index in [0.717, 1.165) is 172 Å². The number of carbonyl (C=O) groups excluding carboxylic acids is 3. The number of Topliss-reactive ketones (excluding diaryl/α,β-unsaturated/α-hetero) is 2. The molecule has 100 heavy (non-hydrogen) atoms. The minimum absolute atomic E-state index is 0.0201. The third kappa shape index (κ3) is 9.25. The highest BCUT2D eigenvalue weighted by atomic mass is 16.7. The topological polar surface area (TPSA) is 238 Å². The molecule has 19 rings (SSSR count). The molecule has 1 amide bonds.